The van der Waals surface area contributed by atoms with Crippen molar-refractivity contribution >= 4 is 23.5 Å². The molecule has 4 aliphatic carbocycles. The van der Waals surface area contributed by atoms with Crippen molar-refractivity contribution in [2.75, 3.05) is 24.6 Å². The van der Waals surface area contributed by atoms with Crippen LogP contribution >= 0.6 is 23.5 Å². The largest absolute Gasteiger partial charge is 1.00 e. The molecule has 0 radical (unpaired) electrons. The highest BCUT2D eigenvalue weighted by Crippen LogP contribution is 2.68. The van der Waals surface area contributed by atoms with Crippen LogP contribution in [0, 0.1) is 23.7 Å². The highest BCUT2D eigenvalue weighted by atomic mass is 35.5. The number of halogens is 1. The summed E-state index contributed by atoms with van der Waals surface area (Å²) in [5, 5.41) is 7.86. The monoisotopic (exact) mass is 317 g/mol. The molecule has 2 heterocycles. The fraction of sp³-hybridized carbons (Fsp3) is 1.00. The van der Waals surface area contributed by atoms with E-state index in [-0.39, 0.29) is 12.4 Å². The second-order valence-corrected chi connectivity index (χ2v) is 9.61. The van der Waals surface area contributed by atoms with Crippen molar-refractivity contribution in [3.05, 3.63) is 0 Å². The maximum atomic E-state index is 3.93. The molecule has 4 saturated carbocycles. The molecule has 6 rings (SSSR count). The first-order valence-corrected chi connectivity index (χ1v) is 9.58. The van der Waals surface area contributed by atoms with Gasteiger partial charge in [0, 0.05) is 24.6 Å². The minimum absolute atomic E-state index is 0. The molecule has 0 aromatic heterocycles. The predicted octanol–water partition coefficient (Wildman–Crippen LogP) is -0.878. The standard InChI is InChI=1S/C14H22N2S2.ClH/c1-3-17-13(15-1)9-5-11-7-10(13)8-12(6-9)14(11)16-2-4-18-14;/h9-12,15-16H,1-8H2;1H/p-1. The van der Waals surface area contributed by atoms with E-state index in [4.69, 9.17) is 0 Å². The summed E-state index contributed by atoms with van der Waals surface area (Å²) < 4.78 is 0. The Morgan fingerprint density at radius 1 is 0.684 bits per heavy atom. The summed E-state index contributed by atoms with van der Waals surface area (Å²) in [7, 11) is 0. The molecule has 4 bridgehead atoms. The molecule has 2 N–H and O–H groups in total. The van der Waals surface area contributed by atoms with Gasteiger partial charge in [-0.1, -0.05) is 0 Å². The first-order chi connectivity index (χ1) is 8.83. The van der Waals surface area contributed by atoms with Crippen molar-refractivity contribution in [1.82, 2.24) is 10.6 Å². The molecule has 6 aliphatic rings. The van der Waals surface area contributed by atoms with Crippen LogP contribution in [0.4, 0.5) is 0 Å². The van der Waals surface area contributed by atoms with Gasteiger partial charge in [-0.05, 0) is 49.4 Å². The highest BCUT2D eigenvalue weighted by Gasteiger charge is 2.66. The second kappa shape index (κ2) is 4.45. The summed E-state index contributed by atoms with van der Waals surface area (Å²) in [5.41, 5.74) is 0. The van der Waals surface area contributed by atoms with Gasteiger partial charge in [0.05, 0.1) is 9.74 Å². The summed E-state index contributed by atoms with van der Waals surface area (Å²) in [4.78, 5) is 1.02. The molecule has 0 unspecified atom stereocenters. The van der Waals surface area contributed by atoms with Gasteiger partial charge in [-0.25, -0.2) is 0 Å². The number of rotatable bonds is 0. The van der Waals surface area contributed by atoms with Crippen molar-refractivity contribution < 1.29 is 12.4 Å². The zero-order chi connectivity index (χ0) is 11.8. The average molecular weight is 318 g/mol. The Bertz CT molecular complexity index is 312. The van der Waals surface area contributed by atoms with Crippen LogP contribution in [0.2, 0.25) is 0 Å². The molecule has 19 heavy (non-hydrogen) atoms. The zero-order valence-corrected chi connectivity index (χ0v) is 13.5. The van der Waals surface area contributed by atoms with Crippen LogP contribution in [0.25, 0.3) is 0 Å². The van der Waals surface area contributed by atoms with Crippen molar-refractivity contribution in [2.24, 2.45) is 23.7 Å². The van der Waals surface area contributed by atoms with Gasteiger partial charge in [-0.15, -0.1) is 23.5 Å². The Kier molecular flexibility index (Phi) is 3.18. The molecule has 0 amide bonds. The highest BCUT2D eigenvalue weighted by molar-refractivity contribution is 8.01. The van der Waals surface area contributed by atoms with Gasteiger partial charge in [0.2, 0.25) is 0 Å². The van der Waals surface area contributed by atoms with E-state index in [0.29, 0.717) is 9.74 Å². The molecule has 2 spiro atoms. The lowest BCUT2D eigenvalue weighted by Gasteiger charge is -2.65. The Balaban J connectivity index is 0.000000968. The molecule has 0 aromatic carbocycles. The van der Waals surface area contributed by atoms with E-state index in [1.54, 1.807) is 0 Å². The van der Waals surface area contributed by atoms with Gasteiger partial charge >= 0.3 is 0 Å². The maximum absolute atomic E-state index is 3.93. The lowest BCUT2D eigenvalue weighted by molar-refractivity contribution is -0.0622. The first-order valence-electron chi connectivity index (χ1n) is 7.61. The topological polar surface area (TPSA) is 24.1 Å². The Labute approximate surface area is 130 Å². The Morgan fingerprint density at radius 3 is 1.32 bits per heavy atom. The van der Waals surface area contributed by atoms with E-state index < -0.39 is 0 Å². The van der Waals surface area contributed by atoms with Gasteiger partial charge in [-0.3, -0.25) is 0 Å². The van der Waals surface area contributed by atoms with E-state index in [1.165, 1.54) is 50.3 Å². The van der Waals surface area contributed by atoms with Crippen LogP contribution in [0.1, 0.15) is 25.7 Å². The van der Waals surface area contributed by atoms with E-state index in [1.807, 2.05) is 0 Å². The van der Waals surface area contributed by atoms with Gasteiger partial charge in [0.15, 0.2) is 0 Å². The fourth-order valence-electron chi connectivity index (χ4n) is 5.91. The molecule has 2 aliphatic heterocycles. The fourth-order valence-corrected chi connectivity index (χ4v) is 9.11. The first kappa shape index (κ1) is 13.6. The molecular weight excluding hydrogens is 296 g/mol. The van der Waals surface area contributed by atoms with E-state index in [2.05, 4.69) is 34.2 Å². The number of nitrogens with one attached hydrogen (secondary N) is 2. The van der Waals surface area contributed by atoms with Gasteiger partial charge < -0.3 is 23.0 Å². The Morgan fingerprint density at radius 2 is 1.05 bits per heavy atom. The Hall–Kier alpha value is 0.910. The molecule has 6 fully saturated rings. The quantitative estimate of drug-likeness (QED) is 0.606. The normalized spacial score (nSPS) is 58.1. The van der Waals surface area contributed by atoms with Crippen LogP contribution in [-0.4, -0.2) is 34.3 Å². The minimum atomic E-state index is 0. The maximum Gasteiger partial charge on any atom is 0.0703 e. The lowest BCUT2D eigenvalue weighted by atomic mass is 9.51. The molecule has 2 nitrogen and oxygen atoms in total. The van der Waals surface area contributed by atoms with E-state index in [0.717, 1.165) is 23.7 Å². The smallest absolute Gasteiger partial charge is 0.0703 e. The van der Waals surface area contributed by atoms with Gasteiger partial charge in [0.1, 0.15) is 0 Å². The van der Waals surface area contributed by atoms with Crippen LogP contribution in [0.3, 0.4) is 0 Å². The molecule has 2 saturated heterocycles. The lowest BCUT2D eigenvalue weighted by Crippen LogP contribution is -3.00. The molecule has 0 aromatic rings. The minimum Gasteiger partial charge on any atom is -1.00 e. The van der Waals surface area contributed by atoms with Crippen molar-refractivity contribution in [1.29, 1.82) is 0 Å². The van der Waals surface area contributed by atoms with Crippen LogP contribution in [-0.2, 0) is 0 Å². The zero-order valence-electron chi connectivity index (χ0n) is 11.2. The number of hydrogen-bond donors (Lipinski definition) is 2. The van der Waals surface area contributed by atoms with Crippen molar-refractivity contribution in [3.63, 3.8) is 0 Å². The third-order valence-corrected chi connectivity index (χ3v) is 9.78. The average Bonchev–Trinajstić information content (AvgIpc) is 2.99. The SMILES string of the molecule is C1CSC2(N1)C1CC3CC2CC(C1)C31NCCS1.[Cl-]. The summed E-state index contributed by atoms with van der Waals surface area (Å²) in [6, 6.07) is 0. The van der Waals surface area contributed by atoms with Gasteiger partial charge in [-0.2, -0.15) is 0 Å². The van der Waals surface area contributed by atoms with Crippen LogP contribution in [0.5, 0.6) is 0 Å². The summed E-state index contributed by atoms with van der Waals surface area (Å²) >= 11 is 4.55. The van der Waals surface area contributed by atoms with E-state index >= 15 is 0 Å². The molecule has 0 atom stereocenters. The van der Waals surface area contributed by atoms with E-state index in [9.17, 15) is 0 Å². The van der Waals surface area contributed by atoms with Gasteiger partial charge in [0.25, 0.3) is 0 Å². The van der Waals surface area contributed by atoms with Crippen LogP contribution in [0.15, 0.2) is 0 Å². The number of thioether (sulfide) groups is 2. The van der Waals surface area contributed by atoms with Crippen LogP contribution < -0.4 is 23.0 Å². The van der Waals surface area contributed by atoms with Crippen molar-refractivity contribution in [3.8, 4) is 0 Å². The van der Waals surface area contributed by atoms with Crippen molar-refractivity contribution in [2.45, 2.75) is 35.4 Å². The summed E-state index contributed by atoms with van der Waals surface area (Å²) in [6.07, 6.45) is 5.97. The third kappa shape index (κ3) is 1.56. The third-order valence-electron chi connectivity index (χ3n) is 6.39. The molecule has 108 valence electrons. The number of hydrogen-bond acceptors (Lipinski definition) is 4. The summed E-state index contributed by atoms with van der Waals surface area (Å²) in [6.45, 7) is 2.51. The summed E-state index contributed by atoms with van der Waals surface area (Å²) in [5.74, 6) is 6.59. The molecule has 5 heteroatoms. The second-order valence-electron chi connectivity index (χ2n) is 6.87. The predicted molar refractivity (Wildman–Crippen MR) is 78.8 cm³/mol. The molecular formula is C14H22ClN2S2-.